The maximum Gasteiger partial charge on any atom is 0.168 e. The zero-order valence-corrected chi connectivity index (χ0v) is 10.1. The molecule has 4 heteroatoms. The Labute approximate surface area is 99.8 Å². The van der Waals surface area contributed by atoms with Crippen LogP contribution in [0.15, 0.2) is 18.2 Å². The lowest BCUT2D eigenvalue weighted by Gasteiger charge is -2.18. The minimum atomic E-state index is -1.20. The van der Waals surface area contributed by atoms with E-state index in [2.05, 4.69) is 0 Å². The van der Waals surface area contributed by atoms with Gasteiger partial charge in [0, 0.05) is 6.42 Å². The Kier molecular flexibility index (Phi) is 3.84. The van der Waals surface area contributed by atoms with Crippen molar-refractivity contribution in [3.05, 3.63) is 29.6 Å². The molecule has 0 saturated carbocycles. The van der Waals surface area contributed by atoms with Crippen LogP contribution < -0.4 is 4.74 Å². The Balaban J connectivity index is 3.12. The summed E-state index contributed by atoms with van der Waals surface area (Å²) in [5.41, 5.74) is -0.892. The minimum absolute atomic E-state index is 0.0435. The predicted molar refractivity (Wildman–Crippen MR) is 61.1 cm³/mol. The van der Waals surface area contributed by atoms with Crippen LogP contribution in [0.4, 0.5) is 4.39 Å². The predicted octanol–water partition coefficient (Wildman–Crippen LogP) is 2.50. The number of carbonyl (C=O) groups excluding carboxylic acids is 1. The van der Waals surface area contributed by atoms with Crippen molar-refractivity contribution in [1.82, 2.24) is 0 Å². The Morgan fingerprint density at radius 3 is 2.71 bits per heavy atom. The molecule has 1 unspecified atom stereocenters. The highest BCUT2D eigenvalue weighted by molar-refractivity contribution is 5.85. The number of Topliss-reactive ketones (excluding diaryl/α,β-unsaturated/α-hetero) is 1. The van der Waals surface area contributed by atoms with Gasteiger partial charge in [-0.1, -0.05) is 12.1 Å². The second-order valence-electron chi connectivity index (χ2n) is 4.11. The molecule has 0 radical (unpaired) electrons. The fourth-order valence-corrected chi connectivity index (χ4v) is 1.47. The molecule has 90 valence electrons. The van der Waals surface area contributed by atoms with Crippen molar-refractivity contribution >= 4 is 5.78 Å². The van der Waals surface area contributed by atoms with Crippen LogP contribution in [-0.4, -0.2) is 12.9 Å². The van der Waals surface area contributed by atoms with Crippen LogP contribution in [0, 0.1) is 22.6 Å². The molecule has 1 atom stereocenters. The minimum Gasteiger partial charge on any atom is -0.494 e. The third-order valence-electron chi connectivity index (χ3n) is 2.83. The second kappa shape index (κ2) is 4.96. The molecule has 0 spiro atoms. The number of ketones is 1. The molecule has 1 aromatic rings. The number of nitrogens with zero attached hydrogens (tertiary/aromatic N) is 1. The summed E-state index contributed by atoms with van der Waals surface area (Å²) in [7, 11) is 1.37. The van der Waals surface area contributed by atoms with Crippen LogP contribution >= 0.6 is 0 Å². The Hall–Kier alpha value is -1.89. The average molecular weight is 235 g/mol. The molecule has 0 bridgehead atoms. The fourth-order valence-electron chi connectivity index (χ4n) is 1.47. The van der Waals surface area contributed by atoms with E-state index < -0.39 is 11.2 Å². The second-order valence-corrected chi connectivity index (χ2v) is 4.11. The van der Waals surface area contributed by atoms with E-state index in [9.17, 15) is 9.18 Å². The van der Waals surface area contributed by atoms with Crippen LogP contribution in [0.2, 0.25) is 0 Å². The van der Waals surface area contributed by atoms with Gasteiger partial charge in [0.05, 0.1) is 13.2 Å². The third-order valence-corrected chi connectivity index (χ3v) is 2.83. The first-order chi connectivity index (χ1) is 7.94. The zero-order chi connectivity index (χ0) is 13.1. The molecule has 0 aliphatic heterocycles. The maximum atomic E-state index is 13.9. The molecule has 0 aromatic heterocycles. The Morgan fingerprint density at radius 2 is 2.24 bits per heavy atom. The summed E-state index contributed by atoms with van der Waals surface area (Å²) in [5, 5.41) is 9.01. The summed E-state index contributed by atoms with van der Waals surface area (Å²) >= 11 is 0. The lowest BCUT2D eigenvalue weighted by molar-refractivity contribution is -0.123. The van der Waals surface area contributed by atoms with Crippen LogP contribution in [0.25, 0.3) is 0 Å². The Morgan fingerprint density at radius 1 is 1.59 bits per heavy atom. The number of methoxy groups -OCH3 is 1. The molecule has 1 rings (SSSR count). The van der Waals surface area contributed by atoms with Crippen LogP contribution in [-0.2, 0) is 11.2 Å². The van der Waals surface area contributed by atoms with Crippen molar-refractivity contribution in [3.63, 3.8) is 0 Å². The molecule has 0 N–H and O–H groups in total. The van der Waals surface area contributed by atoms with E-state index in [1.54, 1.807) is 12.1 Å². The first-order valence-electron chi connectivity index (χ1n) is 5.18. The smallest absolute Gasteiger partial charge is 0.168 e. The van der Waals surface area contributed by atoms with E-state index in [4.69, 9.17) is 10.00 Å². The van der Waals surface area contributed by atoms with Gasteiger partial charge in [0.15, 0.2) is 11.6 Å². The summed E-state index contributed by atoms with van der Waals surface area (Å²) in [5.74, 6) is -0.675. The van der Waals surface area contributed by atoms with Gasteiger partial charge in [-0.25, -0.2) is 4.39 Å². The standard InChI is InChI=1S/C13H14FNO2/c1-9(16)13(2,8-15)7-10-5-4-6-11(17-3)12(10)14/h4-6H,7H2,1-3H3. The molecule has 0 fully saturated rings. The van der Waals surface area contributed by atoms with Crippen LogP contribution in [0.3, 0.4) is 0 Å². The van der Waals surface area contributed by atoms with E-state index in [0.717, 1.165) is 0 Å². The van der Waals surface area contributed by atoms with Gasteiger partial charge in [-0.05, 0) is 25.5 Å². The highest BCUT2D eigenvalue weighted by Gasteiger charge is 2.31. The topological polar surface area (TPSA) is 50.1 Å². The van der Waals surface area contributed by atoms with E-state index in [1.807, 2.05) is 6.07 Å². The molecule has 0 heterocycles. The fraction of sp³-hybridized carbons (Fsp3) is 0.385. The van der Waals surface area contributed by atoms with Gasteiger partial charge in [-0.2, -0.15) is 5.26 Å². The van der Waals surface area contributed by atoms with Crippen molar-refractivity contribution in [3.8, 4) is 11.8 Å². The van der Waals surface area contributed by atoms with Gasteiger partial charge in [0.1, 0.15) is 11.2 Å². The van der Waals surface area contributed by atoms with E-state index >= 15 is 0 Å². The number of nitriles is 1. The SMILES string of the molecule is COc1cccc(CC(C)(C#N)C(C)=O)c1F. The first kappa shape index (κ1) is 13.2. The monoisotopic (exact) mass is 235 g/mol. The van der Waals surface area contributed by atoms with Crippen molar-refractivity contribution in [1.29, 1.82) is 5.26 Å². The normalized spacial score (nSPS) is 13.6. The summed E-state index contributed by atoms with van der Waals surface area (Å²) < 4.78 is 18.7. The van der Waals surface area contributed by atoms with Crippen molar-refractivity contribution in [2.24, 2.45) is 5.41 Å². The van der Waals surface area contributed by atoms with Gasteiger partial charge in [0.2, 0.25) is 0 Å². The highest BCUT2D eigenvalue weighted by atomic mass is 19.1. The van der Waals surface area contributed by atoms with Crippen molar-refractivity contribution in [2.45, 2.75) is 20.3 Å². The van der Waals surface area contributed by atoms with Gasteiger partial charge in [-0.15, -0.1) is 0 Å². The Bertz CT molecular complexity index is 479. The summed E-state index contributed by atoms with van der Waals surface area (Å²) in [6.07, 6.45) is 0.0435. The largest absolute Gasteiger partial charge is 0.494 e. The van der Waals surface area contributed by atoms with Gasteiger partial charge < -0.3 is 4.74 Å². The molecule has 0 aliphatic rings. The average Bonchev–Trinajstić information content (AvgIpc) is 2.31. The molecule has 0 amide bonds. The van der Waals surface area contributed by atoms with Gasteiger partial charge in [0.25, 0.3) is 0 Å². The number of hydrogen-bond acceptors (Lipinski definition) is 3. The lowest BCUT2D eigenvalue weighted by Crippen LogP contribution is -2.26. The van der Waals surface area contributed by atoms with E-state index in [1.165, 1.54) is 27.0 Å². The number of ether oxygens (including phenoxy) is 1. The number of benzene rings is 1. The van der Waals surface area contributed by atoms with Crippen LogP contribution in [0.5, 0.6) is 5.75 Å². The number of hydrogen-bond donors (Lipinski definition) is 0. The number of carbonyl (C=O) groups is 1. The zero-order valence-electron chi connectivity index (χ0n) is 10.1. The number of rotatable bonds is 4. The molecule has 0 aliphatic carbocycles. The lowest BCUT2D eigenvalue weighted by atomic mass is 9.81. The van der Waals surface area contributed by atoms with Gasteiger partial charge >= 0.3 is 0 Å². The molecular weight excluding hydrogens is 221 g/mol. The third kappa shape index (κ3) is 2.62. The van der Waals surface area contributed by atoms with E-state index in [0.29, 0.717) is 5.56 Å². The van der Waals surface area contributed by atoms with Crippen molar-refractivity contribution < 1.29 is 13.9 Å². The molecule has 3 nitrogen and oxygen atoms in total. The summed E-state index contributed by atoms with van der Waals surface area (Å²) in [4.78, 5) is 11.4. The quantitative estimate of drug-likeness (QED) is 0.805. The molecule has 17 heavy (non-hydrogen) atoms. The van der Waals surface area contributed by atoms with E-state index in [-0.39, 0.29) is 18.0 Å². The molecule has 0 saturated heterocycles. The highest BCUT2D eigenvalue weighted by Crippen LogP contribution is 2.28. The first-order valence-corrected chi connectivity index (χ1v) is 5.18. The van der Waals surface area contributed by atoms with Gasteiger partial charge in [-0.3, -0.25) is 4.79 Å². The summed E-state index contributed by atoms with van der Waals surface area (Å²) in [6.45, 7) is 2.84. The van der Waals surface area contributed by atoms with Crippen LogP contribution in [0.1, 0.15) is 19.4 Å². The number of halogens is 1. The molecule has 1 aromatic carbocycles. The van der Waals surface area contributed by atoms with Crippen molar-refractivity contribution in [2.75, 3.05) is 7.11 Å². The summed E-state index contributed by atoms with van der Waals surface area (Å²) in [6, 6.07) is 6.62. The maximum absolute atomic E-state index is 13.9. The molecular formula is C13H14FNO2.